The van der Waals surface area contributed by atoms with Crippen molar-refractivity contribution in [3.05, 3.63) is 33.9 Å². The minimum Gasteiger partial charge on any atom is -0.392 e. The first-order valence-corrected chi connectivity index (χ1v) is 6.38. The van der Waals surface area contributed by atoms with E-state index in [0.29, 0.717) is 6.54 Å². The van der Waals surface area contributed by atoms with E-state index in [4.69, 9.17) is 0 Å². The fourth-order valence-corrected chi connectivity index (χ4v) is 2.20. The molecule has 1 rings (SSSR count). The molecule has 1 aromatic rings. The third kappa shape index (κ3) is 3.83. The summed E-state index contributed by atoms with van der Waals surface area (Å²) in [6, 6.07) is 2.26. The molecule has 0 aromatic heterocycles. The number of aliphatic hydroxyl groups is 1. The van der Waals surface area contributed by atoms with Gasteiger partial charge in [-0.1, -0.05) is 6.07 Å². The summed E-state index contributed by atoms with van der Waals surface area (Å²) in [5, 5.41) is 12.5. The Morgan fingerprint density at radius 1 is 1.12 bits per heavy atom. The predicted molar refractivity (Wildman–Crippen MR) is 73.6 cm³/mol. The maximum absolute atomic E-state index is 9.18. The lowest BCUT2D eigenvalue weighted by Crippen LogP contribution is -2.26. The van der Waals surface area contributed by atoms with Crippen LogP contribution >= 0.6 is 0 Å². The van der Waals surface area contributed by atoms with Crippen LogP contribution in [-0.4, -0.2) is 24.3 Å². The highest BCUT2D eigenvalue weighted by Gasteiger charge is 2.07. The average molecular weight is 235 g/mol. The van der Waals surface area contributed by atoms with E-state index in [-0.39, 0.29) is 6.10 Å². The van der Waals surface area contributed by atoms with Gasteiger partial charge in [0.1, 0.15) is 0 Å². The summed E-state index contributed by atoms with van der Waals surface area (Å²) in [6.45, 7) is 12.2. The minimum absolute atomic E-state index is 0.267. The molecular weight excluding hydrogens is 210 g/mol. The minimum atomic E-state index is -0.267. The zero-order valence-electron chi connectivity index (χ0n) is 11.7. The lowest BCUT2D eigenvalue weighted by molar-refractivity contribution is 0.191. The van der Waals surface area contributed by atoms with E-state index in [2.05, 4.69) is 39.1 Å². The third-order valence-corrected chi connectivity index (χ3v) is 3.51. The molecule has 1 unspecified atom stereocenters. The smallest absolute Gasteiger partial charge is 0.0636 e. The number of rotatable bonds is 5. The molecule has 0 radical (unpaired) electrons. The van der Waals surface area contributed by atoms with Crippen LogP contribution in [0.3, 0.4) is 0 Å². The van der Waals surface area contributed by atoms with Crippen LogP contribution in [0.1, 0.15) is 34.7 Å². The average Bonchev–Trinajstić information content (AvgIpc) is 2.25. The van der Waals surface area contributed by atoms with Crippen molar-refractivity contribution in [1.29, 1.82) is 0 Å². The molecule has 0 spiro atoms. The molecule has 17 heavy (non-hydrogen) atoms. The molecule has 0 saturated heterocycles. The Morgan fingerprint density at radius 2 is 1.65 bits per heavy atom. The predicted octanol–water partition coefficient (Wildman–Crippen LogP) is 2.43. The third-order valence-electron chi connectivity index (χ3n) is 3.51. The Bertz CT molecular complexity index is 357. The highest BCUT2D eigenvalue weighted by molar-refractivity contribution is 5.44. The molecule has 2 N–H and O–H groups in total. The van der Waals surface area contributed by atoms with Gasteiger partial charge in [0.15, 0.2) is 0 Å². The van der Waals surface area contributed by atoms with Crippen molar-refractivity contribution in [2.75, 3.05) is 13.1 Å². The van der Waals surface area contributed by atoms with Crippen molar-refractivity contribution >= 4 is 0 Å². The first kappa shape index (κ1) is 14.2. The summed E-state index contributed by atoms with van der Waals surface area (Å²) >= 11 is 0. The van der Waals surface area contributed by atoms with Crippen molar-refractivity contribution in [2.45, 2.75) is 47.1 Å². The molecule has 0 aliphatic rings. The van der Waals surface area contributed by atoms with Crippen LogP contribution in [0.2, 0.25) is 0 Å². The second-order valence-electron chi connectivity index (χ2n) is 5.04. The monoisotopic (exact) mass is 235 g/mol. The van der Waals surface area contributed by atoms with Crippen LogP contribution in [0.4, 0.5) is 0 Å². The lowest BCUT2D eigenvalue weighted by Gasteiger charge is -2.16. The van der Waals surface area contributed by atoms with Crippen LogP contribution in [0, 0.1) is 27.7 Å². The van der Waals surface area contributed by atoms with Gasteiger partial charge >= 0.3 is 0 Å². The molecule has 1 aromatic carbocycles. The van der Waals surface area contributed by atoms with Crippen molar-refractivity contribution < 1.29 is 5.11 Å². The standard InChI is InChI=1S/C15H25NO/c1-10-8-11(2)14(5)15(13(10)4)6-7-16-9-12(3)17/h8,12,16-17H,6-7,9H2,1-5H3. The van der Waals surface area contributed by atoms with Crippen LogP contribution < -0.4 is 5.32 Å². The van der Waals surface area contributed by atoms with E-state index >= 15 is 0 Å². The van der Waals surface area contributed by atoms with Crippen molar-refractivity contribution in [2.24, 2.45) is 0 Å². The summed E-state index contributed by atoms with van der Waals surface area (Å²) < 4.78 is 0. The molecule has 1 atom stereocenters. The largest absolute Gasteiger partial charge is 0.392 e. The number of benzene rings is 1. The van der Waals surface area contributed by atoms with Crippen molar-refractivity contribution in [3.63, 3.8) is 0 Å². The zero-order valence-corrected chi connectivity index (χ0v) is 11.7. The van der Waals surface area contributed by atoms with E-state index in [9.17, 15) is 5.11 Å². The number of hydrogen-bond donors (Lipinski definition) is 2. The van der Waals surface area contributed by atoms with Crippen LogP contribution in [-0.2, 0) is 6.42 Å². The van der Waals surface area contributed by atoms with Gasteiger partial charge in [0.05, 0.1) is 6.10 Å². The van der Waals surface area contributed by atoms with Gasteiger partial charge in [-0.3, -0.25) is 0 Å². The fourth-order valence-electron chi connectivity index (χ4n) is 2.20. The zero-order chi connectivity index (χ0) is 13.0. The van der Waals surface area contributed by atoms with Crippen molar-refractivity contribution in [1.82, 2.24) is 5.32 Å². The Balaban J connectivity index is 2.70. The van der Waals surface area contributed by atoms with Gasteiger partial charge < -0.3 is 10.4 Å². The van der Waals surface area contributed by atoms with Crippen LogP contribution in [0.5, 0.6) is 0 Å². The second kappa shape index (κ2) is 6.18. The summed E-state index contributed by atoms with van der Waals surface area (Å²) in [5.41, 5.74) is 7.02. The normalized spacial score (nSPS) is 12.8. The lowest BCUT2D eigenvalue weighted by atomic mass is 9.92. The first-order chi connectivity index (χ1) is 7.93. The molecule has 2 nitrogen and oxygen atoms in total. The molecule has 0 aliphatic heterocycles. The van der Waals surface area contributed by atoms with Gasteiger partial charge in [0.2, 0.25) is 0 Å². The second-order valence-corrected chi connectivity index (χ2v) is 5.04. The summed E-state index contributed by atoms with van der Waals surface area (Å²) in [6.07, 6.45) is 0.767. The van der Waals surface area contributed by atoms with E-state index in [0.717, 1.165) is 13.0 Å². The molecule has 0 saturated carbocycles. The molecule has 0 aliphatic carbocycles. The maximum atomic E-state index is 9.18. The molecule has 0 bridgehead atoms. The number of aryl methyl sites for hydroxylation is 2. The van der Waals surface area contributed by atoms with E-state index < -0.39 is 0 Å². The fraction of sp³-hybridized carbons (Fsp3) is 0.600. The number of hydrogen-bond acceptors (Lipinski definition) is 2. The molecule has 0 heterocycles. The van der Waals surface area contributed by atoms with Crippen molar-refractivity contribution in [3.8, 4) is 0 Å². The first-order valence-electron chi connectivity index (χ1n) is 6.38. The summed E-state index contributed by atoms with van der Waals surface area (Å²) in [4.78, 5) is 0. The molecule has 96 valence electrons. The Hall–Kier alpha value is -0.860. The highest BCUT2D eigenvalue weighted by atomic mass is 16.3. The summed E-state index contributed by atoms with van der Waals surface area (Å²) in [7, 11) is 0. The van der Waals surface area contributed by atoms with E-state index in [1.165, 1.54) is 27.8 Å². The molecule has 2 heteroatoms. The maximum Gasteiger partial charge on any atom is 0.0636 e. The van der Waals surface area contributed by atoms with Gasteiger partial charge in [-0.15, -0.1) is 0 Å². The Morgan fingerprint density at radius 3 is 2.12 bits per heavy atom. The number of aliphatic hydroxyl groups excluding tert-OH is 1. The Labute approximate surface area is 105 Å². The molecule has 0 amide bonds. The highest BCUT2D eigenvalue weighted by Crippen LogP contribution is 2.21. The quantitative estimate of drug-likeness (QED) is 0.768. The van der Waals surface area contributed by atoms with Gasteiger partial charge in [0.25, 0.3) is 0 Å². The van der Waals surface area contributed by atoms with Crippen LogP contribution in [0.15, 0.2) is 6.07 Å². The summed E-state index contributed by atoms with van der Waals surface area (Å²) in [5.74, 6) is 0. The number of nitrogens with one attached hydrogen (secondary N) is 1. The Kier molecular flexibility index (Phi) is 5.16. The van der Waals surface area contributed by atoms with Gasteiger partial charge in [0, 0.05) is 6.54 Å². The molecular formula is C15H25NO. The van der Waals surface area contributed by atoms with Gasteiger partial charge in [-0.25, -0.2) is 0 Å². The topological polar surface area (TPSA) is 32.3 Å². The van der Waals surface area contributed by atoms with E-state index in [1.807, 2.05) is 0 Å². The molecule has 0 fully saturated rings. The van der Waals surface area contributed by atoms with E-state index in [1.54, 1.807) is 6.92 Å². The SMILES string of the molecule is Cc1cc(C)c(C)c(CCNCC(C)O)c1C. The van der Waals surface area contributed by atoms with Gasteiger partial charge in [-0.05, 0) is 75.4 Å². The van der Waals surface area contributed by atoms with Gasteiger partial charge in [-0.2, -0.15) is 0 Å². The van der Waals surface area contributed by atoms with Crippen LogP contribution in [0.25, 0.3) is 0 Å².